The van der Waals surface area contributed by atoms with Crippen LogP contribution in [0, 0.1) is 24.0 Å². The SMILES string of the molecule is CC(C)(c1ccnc(-c2[c-]cc(-c3ccccc3)c3c2oc2ccccc23)c1)C1CCCC1.CC(C)Cc1cc(-c2[c-]cccc2)ncc1[Si](C)(C)C.[Ir]. The minimum atomic E-state index is -1.34. The van der Waals surface area contributed by atoms with Crippen LogP contribution in [0.25, 0.3) is 55.6 Å². The third-order valence-corrected chi connectivity index (χ3v) is 13.2. The smallest absolute Gasteiger partial charge is 0.120 e. The van der Waals surface area contributed by atoms with E-state index in [1.165, 1.54) is 47.6 Å². The van der Waals surface area contributed by atoms with Gasteiger partial charge in [-0.05, 0) is 76.2 Å². The zero-order valence-corrected chi connectivity index (χ0v) is 36.2. The molecule has 1 saturated carbocycles. The molecule has 0 N–H and O–H groups in total. The molecule has 4 aromatic carbocycles. The molecule has 1 aliphatic rings. The van der Waals surface area contributed by atoms with E-state index in [9.17, 15) is 0 Å². The van der Waals surface area contributed by atoms with Gasteiger partial charge in [0.25, 0.3) is 0 Å². The number of aromatic nitrogens is 2. The van der Waals surface area contributed by atoms with Gasteiger partial charge < -0.3 is 14.4 Å². The molecule has 0 amide bonds. The topological polar surface area (TPSA) is 38.9 Å². The number of para-hydroxylation sites is 1. The average Bonchev–Trinajstić information content (AvgIpc) is 3.85. The zero-order chi connectivity index (χ0) is 37.2. The molecule has 0 bridgehead atoms. The van der Waals surface area contributed by atoms with Crippen molar-refractivity contribution in [1.82, 2.24) is 9.97 Å². The van der Waals surface area contributed by atoms with Crippen LogP contribution in [0.2, 0.25) is 19.6 Å². The summed E-state index contributed by atoms with van der Waals surface area (Å²) in [6.45, 7) is 16.5. The zero-order valence-electron chi connectivity index (χ0n) is 32.8. The number of rotatable bonds is 8. The summed E-state index contributed by atoms with van der Waals surface area (Å²) in [6, 6.07) is 42.5. The van der Waals surface area contributed by atoms with E-state index >= 15 is 0 Å². The number of fused-ring (bicyclic) bond motifs is 3. The first kappa shape index (κ1) is 39.5. The minimum Gasteiger partial charge on any atom is -0.501 e. The Bertz CT molecular complexity index is 2320. The molecule has 1 aliphatic carbocycles. The fourth-order valence-electron chi connectivity index (χ4n) is 8.14. The Balaban J connectivity index is 0.000000205. The maximum Gasteiger partial charge on any atom is 0.120 e. The minimum absolute atomic E-state index is 0. The molecule has 3 nitrogen and oxygen atoms in total. The van der Waals surface area contributed by atoms with Crippen LogP contribution in [0.3, 0.4) is 0 Å². The van der Waals surface area contributed by atoms with Crippen molar-refractivity contribution in [2.75, 3.05) is 0 Å². The second kappa shape index (κ2) is 16.7. The van der Waals surface area contributed by atoms with Gasteiger partial charge in [0.15, 0.2) is 0 Å². The molecule has 3 aromatic heterocycles. The summed E-state index contributed by atoms with van der Waals surface area (Å²) in [7, 11) is -1.34. The third-order valence-electron chi connectivity index (χ3n) is 11.1. The molecule has 1 fully saturated rings. The molecular formula is C49H52IrN2OSi-2. The summed E-state index contributed by atoms with van der Waals surface area (Å²) in [4.78, 5) is 9.47. The number of hydrogen-bond donors (Lipinski definition) is 0. The molecule has 8 rings (SSSR count). The number of nitrogens with zero attached hydrogens (tertiary/aromatic N) is 2. The van der Waals surface area contributed by atoms with E-state index < -0.39 is 8.07 Å². The van der Waals surface area contributed by atoms with Gasteiger partial charge in [0.2, 0.25) is 0 Å². The van der Waals surface area contributed by atoms with Crippen molar-refractivity contribution in [3.8, 4) is 33.6 Å². The van der Waals surface area contributed by atoms with E-state index in [0.717, 1.165) is 62.4 Å². The van der Waals surface area contributed by atoms with E-state index in [4.69, 9.17) is 9.40 Å². The third kappa shape index (κ3) is 8.39. The van der Waals surface area contributed by atoms with Gasteiger partial charge in [0.05, 0.1) is 13.7 Å². The van der Waals surface area contributed by atoms with Crippen LogP contribution in [0.1, 0.15) is 64.5 Å². The Morgan fingerprint density at radius 2 is 1.56 bits per heavy atom. The normalized spacial score (nSPS) is 13.6. The fourth-order valence-corrected chi connectivity index (χ4v) is 9.73. The second-order valence-electron chi connectivity index (χ2n) is 16.7. The Labute approximate surface area is 337 Å². The molecule has 0 saturated heterocycles. The summed E-state index contributed by atoms with van der Waals surface area (Å²) in [5, 5.41) is 3.75. The summed E-state index contributed by atoms with van der Waals surface area (Å²) in [5.41, 5.74) is 11.0. The van der Waals surface area contributed by atoms with E-state index in [2.05, 4.69) is 137 Å². The van der Waals surface area contributed by atoms with Gasteiger partial charge in [-0.3, -0.25) is 0 Å². The molecule has 0 atom stereocenters. The van der Waals surface area contributed by atoms with Crippen LogP contribution >= 0.6 is 0 Å². The predicted octanol–water partition coefficient (Wildman–Crippen LogP) is 12.9. The molecule has 7 aromatic rings. The number of hydrogen-bond acceptors (Lipinski definition) is 3. The van der Waals surface area contributed by atoms with Gasteiger partial charge in [-0.15, -0.1) is 48.0 Å². The molecule has 0 unspecified atom stereocenters. The number of furan rings is 1. The van der Waals surface area contributed by atoms with Crippen LogP contribution in [-0.4, -0.2) is 18.0 Å². The van der Waals surface area contributed by atoms with Crippen molar-refractivity contribution >= 4 is 35.2 Å². The van der Waals surface area contributed by atoms with Gasteiger partial charge in [-0.2, -0.15) is 0 Å². The van der Waals surface area contributed by atoms with Crippen molar-refractivity contribution in [2.24, 2.45) is 11.8 Å². The van der Waals surface area contributed by atoms with E-state index in [1.807, 2.05) is 42.6 Å². The van der Waals surface area contributed by atoms with Gasteiger partial charge in [-0.25, -0.2) is 0 Å². The Kier molecular flexibility index (Phi) is 12.2. The predicted molar refractivity (Wildman–Crippen MR) is 226 cm³/mol. The molecule has 54 heavy (non-hydrogen) atoms. The first-order valence-electron chi connectivity index (χ1n) is 19.4. The van der Waals surface area contributed by atoms with Crippen molar-refractivity contribution < 1.29 is 24.5 Å². The second-order valence-corrected chi connectivity index (χ2v) is 21.8. The molecular weight excluding hydrogens is 853 g/mol. The van der Waals surface area contributed by atoms with Crippen LogP contribution in [0.5, 0.6) is 0 Å². The molecule has 5 heteroatoms. The van der Waals surface area contributed by atoms with Crippen molar-refractivity contribution in [1.29, 1.82) is 0 Å². The van der Waals surface area contributed by atoms with Crippen LogP contribution in [-0.2, 0) is 31.9 Å². The van der Waals surface area contributed by atoms with Crippen LogP contribution in [0.4, 0.5) is 0 Å². The molecule has 3 heterocycles. The summed E-state index contributed by atoms with van der Waals surface area (Å²) < 4.78 is 6.45. The standard InChI is InChI=1S/C31H28NO.C18H24NSi.Ir/c1-31(2,22-12-6-7-13-22)23-18-19-32-27(20-23)25-17-16-24(21-10-4-3-5-11-21)29-26-14-8-9-15-28(26)33-30(25)29;1-14(2)11-16-12-17(15-9-7-6-8-10-15)19-13-18(16)20(3,4)5;/h3-5,8-11,14-16,18-20,22H,6-7,12-13H2,1-2H3;6-9,12-14H,11H2,1-5H3;/q2*-1;. The van der Waals surface area contributed by atoms with Gasteiger partial charge in [0, 0.05) is 37.9 Å². The molecule has 0 aliphatic heterocycles. The van der Waals surface area contributed by atoms with Crippen molar-refractivity contribution in [2.45, 2.75) is 84.9 Å². The Morgan fingerprint density at radius 3 is 2.26 bits per heavy atom. The molecule has 1 radical (unpaired) electrons. The molecule has 0 spiro atoms. The fraction of sp³-hybridized carbons (Fsp3) is 0.306. The summed E-state index contributed by atoms with van der Waals surface area (Å²) in [5.74, 6) is 1.39. The average molecular weight is 905 g/mol. The maximum atomic E-state index is 6.45. The summed E-state index contributed by atoms with van der Waals surface area (Å²) in [6.07, 6.45) is 10.5. The molecule has 279 valence electrons. The van der Waals surface area contributed by atoms with Gasteiger partial charge >= 0.3 is 0 Å². The van der Waals surface area contributed by atoms with E-state index in [1.54, 1.807) is 0 Å². The first-order valence-corrected chi connectivity index (χ1v) is 22.9. The summed E-state index contributed by atoms with van der Waals surface area (Å²) >= 11 is 0. The van der Waals surface area contributed by atoms with Crippen LogP contribution in [0.15, 0.2) is 120 Å². The number of benzene rings is 4. The van der Waals surface area contributed by atoms with Crippen molar-refractivity contribution in [3.63, 3.8) is 0 Å². The quantitative estimate of drug-likeness (QED) is 0.113. The largest absolute Gasteiger partial charge is 0.501 e. The first-order chi connectivity index (χ1) is 25.5. The number of pyridine rings is 2. The van der Waals surface area contributed by atoms with Gasteiger partial charge in [-0.1, -0.05) is 143 Å². The van der Waals surface area contributed by atoms with Crippen LogP contribution < -0.4 is 5.19 Å². The van der Waals surface area contributed by atoms with Gasteiger partial charge in [0.1, 0.15) is 5.58 Å². The van der Waals surface area contributed by atoms with Crippen molar-refractivity contribution in [3.05, 3.63) is 139 Å². The van der Waals surface area contributed by atoms with E-state index in [-0.39, 0.29) is 25.5 Å². The maximum absolute atomic E-state index is 6.45. The Morgan fingerprint density at radius 1 is 0.833 bits per heavy atom. The monoisotopic (exact) mass is 905 g/mol. The van der Waals surface area contributed by atoms with E-state index in [0.29, 0.717) is 5.92 Å². The Hall–Kier alpha value is -4.15.